The molecule has 1 aromatic carbocycles. The predicted octanol–water partition coefficient (Wildman–Crippen LogP) is 4.87. The number of hydrogen-bond acceptors (Lipinski definition) is 2. The molecule has 1 aliphatic carbocycles. The van der Waals surface area contributed by atoms with Crippen LogP contribution in [-0.2, 0) is 4.74 Å². The molecule has 1 atom stereocenters. The summed E-state index contributed by atoms with van der Waals surface area (Å²) in [5.41, 5.74) is -0.514. The summed E-state index contributed by atoms with van der Waals surface area (Å²) in [6.07, 6.45) is 2.37. The van der Waals surface area contributed by atoms with E-state index in [-0.39, 0.29) is 10.6 Å². The normalized spacial score (nSPS) is 28.4. The average Bonchev–Trinajstić information content (AvgIpc) is 2.46. The Bertz CT molecular complexity index is 487. The minimum atomic E-state index is -1.01. The lowest BCUT2D eigenvalue weighted by Crippen LogP contribution is -2.42. The largest absolute Gasteiger partial charge is 0.385 e. The third-order valence-electron chi connectivity index (χ3n) is 4.39. The van der Waals surface area contributed by atoms with Gasteiger partial charge in [0.25, 0.3) is 0 Å². The molecule has 1 aromatic rings. The summed E-state index contributed by atoms with van der Waals surface area (Å²) in [5.74, 6) is 0.0346. The number of rotatable bonds is 3. The van der Waals surface area contributed by atoms with Crippen LogP contribution >= 0.6 is 27.5 Å². The topological polar surface area (TPSA) is 29.5 Å². The zero-order chi connectivity index (χ0) is 14.9. The molecule has 1 aliphatic rings. The molecule has 2 rings (SSSR count). The van der Waals surface area contributed by atoms with Crippen LogP contribution in [0.3, 0.4) is 0 Å². The number of halogens is 3. The number of methoxy groups -OCH3 is 1. The maximum atomic E-state index is 14.3. The maximum absolute atomic E-state index is 14.3. The quantitative estimate of drug-likeness (QED) is 0.774. The zero-order valence-electron chi connectivity index (χ0n) is 11.6. The average molecular weight is 366 g/mol. The third kappa shape index (κ3) is 2.89. The highest BCUT2D eigenvalue weighted by atomic mass is 79.9. The highest BCUT2D eigenvalue weighted by Gasteiger charge is 2.42. The number of hydrogen-bond donors (Lipinski definition) is 1. The van der Waals surface area contributed by atoms with Crippen molar-refractivity contribution in [1.82, 2.24) is 0 Å². The lowest BCUT2D eigenvalue weighted by atomic mass is 9.74. The van der Waals surface area contributed by atoms with Crippen LogP contribution in [0.25, 0.3) is 0 Å². The lowest BCUT2D eigenvalue weighted by molar-refractivity contribution is -0.131. The van der Waals surface area contributed by atoms with E-state index in [0.717, 1.165) is 25.7 Å². The molecule has 1 saturated carbocycles. The van der Waals surface area contributed by atoms with Crippen LogP contribution in [0.1, 0.15) is 44.3 Å². The van der Waals surface area contributed by atoms with Crippen molar-refractivity contribution in [2.24, 2.45) is 5.92 Å². The van der Waals surface area contributed by atoms with E-state index >= 15 is 0 Å². The van der Waals surface area contributed by atoms with E-state index in [0.29, 0.717) is 10.4 Å². The van der Waals surface area contributed by atoms with Crippen molar-refractivity contribution in [2.75, 3.05) is 7.11 Å². The molecule has 0 bridgehead atoms. The van der Waals surface area contributed by atoms with Crippen LogP contribution < -0.4 is 0 Å². The Labute approximate surface area is 132 Å². The van der Waals surface area contributed by atoms with Crippen molar-refractivity contribution in [2.45, 2.75) is 44.3 Å². The molecular formula is C15H19BrClFO2. The van der Waals surface area contributed by atoms with Gasteiger partial charge in [-0.1, -0.05) is 24.6 Å². The third-order valence-corrected chi connectivity index (χ3v) is 5.64. The molecule has 1 unspecified atom stereocenters. The summed E-state index contributed by atoms with van der Waals surface area (Å²) in [4.78, 5) is 0. The van der Waals surface area contributed by atoms with Crippen molar-refractivity contribution in [3.05, 3.63) is 33.0 Å². The van der Waals surface area contributed by atoms with Crippen LogP contribution in [0, 0.1) is 11.7 Å². The van der Waals surface area contributed by atoms with Crippen molar-refractivity contribution >= 4 is 27.5 Å². The van der Waals surface area contributed by atoms with Crippen LogP contribution in [0.2, 0.25) is 5.02 Å². The van der Waals surface area contributed by atoms with Gasteiger partial charge in [0.05, 0.1) is 10.6 Å². The standard InChI is InChI=1S/C15H19BrClFO2/c1-9-5-7-15(20-2,8-6-9)14(19)10-3-4-11(16)12(17)13(10)18/h3-4,9,14,19H,5-8H2,1-2H3. The number of aliphatic hydroxyl groups excluding tert-OH is 1. The highest BCUT2D eigenvalue weighted by Crippen LogP contribution is 2.44. The first-order valence-corrected chi connectivity index (χ1v) is 7.95. The molecule has 1 N–H and O–H groups in total. The summed E-state index contributed by atoms with van der Waals surface area (Å²) < 4.78 is 20.4. The molecule has 20 heavy (non-hydrogen) atoms. The SMILES string of the molecule is COC1(C(O)c2ccc(Br)c(Cl)c2F)CCC(C)CC1. The Morgan fingerprint density at radius 2 is 2.05 bits per heavy atom. The summed E-state index contributed by atoms with van der Waals surface area (Å²) in [6, 6.07) is 3.22. The van der Waals surface area contributed by atoms with Gasteiger partial charge in [0, 0.05) is 17.1 Å². The molecule has 5 heteroatoms. The molecule has 0 amide bonds. The Morgan fingerprint density at radius 3 is 2.60 bits per heavy atom. The maximum Gasteiger partial charge on any atom is 0.148 e. The van der Waals surface area contributed by atoms with Crippen LogP contribution in [-0.4, -0.2) is 17.8 Å². The Hall–Kier alpha value is -0.160. The van der Waals surface area contributed by atoms with Crippen molar-refractivity contribution in [1.29, 1.82) is 0 Å². The van der Waals surface area contributed by atoms with Crippen LogP contribution in [0.4, 0.5) is 4.39 Å². The fraction of sp³-hybridized carbons (Fsp3) is 0.600. The van der Waals surface area contributed by atoms with Crippen molar-refractivity contribution in [3.63, 3.8) is 0 Å². The lowest BCUT2D eigenvalue weighted by Gasteiger charge is -2.42. The van der Waals surface area contributed by atoms with E-state index in [4.69, 9.17) is 16.3 Å². The van der Waals surface area contributed by atoms with Gasteiger partial charge in [-0.3, -0.25) is 0 Å². The van der Waals surface area contributed by atoms with Gasteiger partial charge in [0.2, 0.25) is 0 Å². The second-order valence-electron chi connectivity index (χ2n) is 5.62. The molecule has 0 heterocycles. The summed E-state index contributed by atoms with van der Waals surface area (Å²) in [6.45, 7) is 2.18. The fourth-order valence-corrected chi connectivity index (χ4v) is 3.35. The van der Waals surface area contributed by atoms with Gasteiger partial charge in [0.15, 0.2) is 0 Å². The van der Waals surface area contributed by atoms with Gasteiger partial charge in [-0.05, 0) is 53.6 Å². The van der Waals surface area contributed by atoms with Gasteiger partial charge in [0.1, 0.15) is 11.9 Å². The second kappa shape index (κ2) is 6.30. The minimum absolute atomic E-state index is 0.00280. The van der Waals surface area contributed by atoms with Crippen molar-refractivity contribution < 1.29 is 14.2 Å². The van der Waals surface area contributed by atoms with E-state index < -0.39 is 17.5 Å². The first kappa shape index (κ1) is 16.2. The summed E-state index contributed by atoms with van der Waals surface area (Å²) in [5, 5.41) is 10.6. The predicted molar refractivity (Wildman–Crippen MR) is 81.4 cm³/mol. The van der Waals surface area contributed by atoms with Gasteiger partial charge in [-0.25, -0.2) is 4.39 Å². The van der Waals surface area contributed by atoms with Crippen LogP contribution in [0.5, 0.6) is 0 Å². The molecule has 0 aliphatic heterocycles. The van der Waals surface area contributed by atoms with Gasteiger partial charge >= 0.3 is 0 Å². The van der Waals surface area contributed by atoms with Gasteiger partial charge in [-0.2, -0.15) is 0 Å². The van der Waals surface area contributed by atoms with E-state index in [9.17, 15) is 9.50 Å². The Balaban J connectivity index is 2.34. The van der Waals surface area contributed by atoms with E-state index in [1.807, 2.05) is 0 Å². The molecular weight excluding hydrogens is 347 g/mol. The smallest absolute Gasteiger partial charge is 0.148 e. The van der Waals surface area contributed by atoms with E-state index in [1.165, 1.54) is 0 Å². The molecule has 0 aromatic heterocycles. The van der Waals surface area contributed by atoms with Crippen molar-refractivity contribution in [3.8, 4) is 0 Å². The van der Waals surface area contributed by atoms with E-state index in [2.05, 4.69) is 22.9 Å². The van der Waals surface area contributed by atoms with Gasteiger partial charge in [-0.15, -0.1) is 0 Å². The Morgan fingerprint density at radius 1 is 1.45 bits per heavy atom. The molecule has 112 valence electrons. The monoisotopic (exact) mass is 364 g/mol. The number of ether oxygens (including phenoxy) is 1. The summed E-state index contributed by atoms with van der Waals surface area (Å²) in [7, 11) is 1.58. The fourth-order valence-electron chi connectivity index (χ4n) is 2.88. The van der Waals surface area contributed by atoms with E-state index in [1.54, 1.807) is 19.2 Å². The second-order valence-corrected chi connectivity index (χ2v) is 6.85. The zero-order valence-corrected chi connectivity index (χ0v) is 14.0. The molecule has 2 nitrogen and oxygen atoms in total. The molecule has 0 radical (unpaired) electrons. The first-order chi connectivity index (χ1) is 9.41. The molecule has 0 spiro atoms. The Kier molecular flexibility index (Phi) is 5.11. The summed E-state index contributed by atoms with van der Waals surface area (Å²) >= 11 is 9.08. The number of aliphatic hydroxyl groups is 1. The minimum Gasteiger partial charge on any atom is -0.385 e. The van der Waals surface area contributed by atoms with Crippen LogP contribution in [0.15, 0.2) is 16.6 Å². The van der Waals surface area contributed by atoms with Gasteiger partial charge < -0.3 is 9.84 Å². The highest BCUT2D eigenvalue weighted by molar-refractivity contribution is 9.10. The first-order valence-electron chi connectivity index (χ1n) is 6.78. The molecule has 0 saturated heterocycles. The molecule has 1 fully saturated rings. The number of benzene rings is 1.